The highest BCUT2D eigenvalue weighted by Gasteiger charge is 2.21. The molecule has 1 amide bonds. The predicted molar refractivity (Wildman–Crippen MR) is 66.5 cm³/mol. The van der Waals surface area contributed by atoms with Crippen molar-refractivity contribution in [3.05, 3.63) is 25.3 Å². The predicted octanol–water partition coefficient (Wildman–Crippen LogP) is 0.861. The second-order valence-electron chi connectivity index (χ2n) is 3.43. The normalized spacial score (nSPS) is 10.9. The van der Waals surface area contributed by atoms with Gasteiger partial charge >= 0.3 is 18.0 Å². The molecule has 0 unspecified atom stereocenters. The summed E-state index contributed by atoms with van der Waals surface area (Å²) >= 11 is 0. The molecular weight excluding hydrogens is 254 g/mol. The number of carboxylic acid groups (broad SMARTS) is 1. The van der Waals surface area contributed by atoms with Crippen molar-refractivity contribution in [3.8, 4) is 0 Å². The van der Waals surface area contributed by atoms with Gasteiger partial charge in [0.1, 0.15) is 19.3 Å². The monoisotopic (exact) mass is 271 g/mol. The molecule has 0 aliphatic carbocycles. The van der Waals surface area contributed by atoms with Crippen LogP contribution in [0.5, 0.6) is 0 Å². The Kier molecular flexibility index (Phi) is 8.51. The average molecular weight is 271 g/mol. The number of hydrogen-bond donors (Lipinski definition) is 2. The smallest absolute Gasteiger partial charge is 0.408 e. The lowest BCUT2D eigenvalue weighted by Gasteiger charge is -2.13. The number of esters is 1. The Balaban J connectivity index is 4.15. The zero-order valence-corrected chi connectivity index (χ0v) is 10.5. The third-order valence-electron chi connectivity index (χ3n) is 1.92. The van der Waals surface area contributed by atoms with Crippen molar-refractivity contribution in [2.45, 2.75) is 18.9 Å². The average Bonchev–Trinajstić information content (AvgIpc) is 2.38. The van der Waals surface area contributed by atoms with Gasteiger partial charge in [0.25, 0.3) is 0 Å². The molecule has 0 saturated carbocycles. The fourth-order valence-corrected chi connectivity index (χ4v) is 1.06. The van der Waals surface area contributed by atoms with Crippen LogP contribution >= 0.6 is 0 Å². The number of aliphatic carboxylic acids is 1. The summed E-state index contributed by atoms with van der Waals surface area (Å²) in [4.78, 5) is 33.2. The minimum absolute atomic E-state index is 0.0282. The summed E-state index contributed by atoms with van der Waals surface area (Å²) < 4.78 is 9.27. The molecular formula is C12H17NO6. The molecule has 2 N–H and O–H groups in total. The van der Waals surface area contributed by atoms with Crippen molar-refractivity contribution in [2.75, 3.05) is 13.2 Å². The second kappa shape index (κ2) is 9.69. The lowest BCUT2D eigenvalue weighted by molar-refractivity contribution is -0.143. The molecule has 7 heteroatoms. The van der Waals surface area contributed by atoms with Gasteiger partial charge in [-0.1, -0.05) is 25.3 Å². The number of hydrogen-bond acceptors (Lipinski definition) is 5. The molecule has 0 aliphatic rings. The van der Waals surface area contributed by atoms with E-state index in [1.807, 2.05) is 0 Å². The van der Waals surface area contributed by atoms with Gasteiger partial charge in [-0.2, -0.15) is 0 Å². The highest BCUT2D eigenvalue weighted by atomic mass is 16.5. The Morgan fingerprint density at radius 1 is 1.16 bits per heavy atom. The maximum absolute atomic E-state index is 11.2. The third-order valence-corrected chi connectivity index (χ3v) is 1.92. The van der Waals surface area contributed by atoms with Crippen molar-refractivity contribution in [2.24, 2.45) is 0 Å². The maximum Gasteiger partial charge on any atom is 0.408 e. The van der Waals surface area contributed by atoms with E-state index in [2.05, 4.69) is 27.9 Å². The molecule has 0 spiro atoms. The van der Waals surface area contributed by atoms with Gasteiger partial charge in [-0.15, -0.1) is 0 Å². The summed E-state index contributed by atoms with van der Waals surface area (Å²) in [5.41, 5.74) is 0. The van der Waals surface area contributed by atoms with Crippen molar-refractivity contribution >= 4 is 18.0 Å². The first-order chi connectivity index (χ1) is 9.01. The standard InChI is InChI=1S/C12H17NO6/c1-3-7-18-10(14)6-5-9(11(15)16)13-12(17)19-8-4-2/h3-4,9H,1-2,5-8H2,(H,13,17)(H,15,16)/t9-/m1/s1. The van der Waals surface area contributed by atoms with Crippen LogP contribution in [0.1, 0.15) is 12.8 Å². The van der Waals surface area contributed by atoms with Gasteiger partial charge in [-0.3, -0.25) is 4.79 Å². The van der Waals surface area contributed by atoms with E-state index in [1.54, 1.807) is 0 Å². The van der Waals surface area contributed by atoms with Crippen molar-refractivity contribution in [1.82, 2.24) is 5.32 Å². The number of carboxylic acids is 1. The van der Waals surface area contributed by atoms with Gasteiger partial charge in [0.2, 0.25) is 0 Å². The zero-order valence-electron chi connectivity index (χ0n) is 10.5. The van der Waals surface area contributed by atoms with Crippen LogP contribution in [0.2, 0.25) is 0 Å². The zero-order chi connectivity index (χ0) is 14.7. The van der Waals surface area contributed by atoms with Gasteiger partial charge in [0.15, 0.2) is 0 Å². The minimum Gasteiger partial charge on any atom is -0.480 e. The molecule has 0 saturated heterocycles. The number of nitrogens with one attached hydrogen (secondary N) is 1. The Labute approximate surface area is 110 Å². The molecule has 0 fully saturated rings. The Hall–Kier alpha value is -2.31. The molecule has 0 aromatic carbocycles. The van der Waals surface area contributed by atoms with Gasteiger partial charge in [-0.05, 0) is 6.42 Å². The van der Waals surface area contributed by atoms with Crippen LogP contribution in [0.4, 0.5) is 4.79 Å². The van der Waals surface area contributed by atoms with E-state index < -0.39 is 24.1 Å². The highest BCUT2D eigenvalue weighted by Crippen LogP contribution is 2.01. The summed E-state index contributed by atoms with van der Waals surface area (Å²) in [6.45, 7) is 6.75. The van der Waals surface area contributed by atoms with Crippen LogP contribution < -0.4 is 5.32 Å². The largest absolute Gasteiger partial charge is 0.480 e. The molecule has 1 atom stereocenters. The summed E-state index contributed by atoms with van der Waals surface area (Å²) in [6, 6.07) is -1.21. The summed E-state index contributed by atoms with van der Waals surface area (Å²) in [5.74, 6) is -1.82. The fourth-order valence-electron chi connectivity index (χ4n) is 1.06. The van der Waals surface area contributed by atoms with E-state index >= 15 is 0 Å². The Morgan fingerprint density at radius 2 is 1.74 bits per heavy atom. The van der Waals surface area contributed by atoms with E-state index in [-0.39, 0.29) is 26.1 Å². The topological polar surface area (TPSA) is 102 Å². The molecule has 0 aliphatic heterocycles. The molecule has 0 aromatic rings. The minimum atomic E-state index is -1.26. The summed E-state index contributed by atoms with van der Waals surface area (Å²) in [7, 11) is 0. The number of alkyl carbamates (subject to hydrolysis) is 1. The van der Waals surface area contributed by atoms with Gasteiger partial charge < -0.3 is 19.9 Å². The maximum atomic E-state index is 11.2. The number of carbonyl (C=O) groups excluding carboxylic acids is 2. The second-order valence-corrected chi connectivity index (χ2v) is 3.43. The molecule has 7 nitrogen and oxygen atoms in total. The van der Waals surface area contributed by atoms with Gasteiger partial charge in [0.05, 0.1) is 0 Å². The van der Waals surface area contributed by atoms with E-state index in [1.165, 1.54) is 12.2 Å². The van der Waals surface area contributed by atoms with Crippen LogP contribution in [0.25, 0.3) is 0 Å². The first-order valence-corrected chi connectivity index (χ1v) is 5.54. The van der Waals surface area contributed by atoms with E-state index in [4.69, 9.17) is 5.11 Å². The van der Waals surface area contributed by atoms with Crippen molar-refractivity contribution in [1.29, 1.82) is 0 Å². The molecule has 0 rings (SSSR count). The van der Waals surface area contributed by atoms with Crippen LogP contribution in [-0.4, -0.2) is 42.4 Å². The van der Waals surface area contributed by atoms with Crippen LogP contribution in [-0.2, 0) is 19.1 Å². The van der Waals surface area contributed by atoms with Crippen LogP contribution in [0.3, 0.4) is 0 Å². The highest BCUT2D eigenvalue weighted by molar-refractivity contribution is 5.80. The third kappa shape index (κ3) is 8.42. The first kappa shape index (κ1) is 16.7. The van der Waals surface area contributed by atoms with Gasteiger partial charge in [-0.25, -0.2) is 9.59 Å². The van der Waals surface area contributed by atoms with Crippen molar-refractivity contribution < 1.29 is 29.0 Å². The molecule has 0 heterocycles. The van der Waals surface area contributed by atoms with E-state index in [0.717, 1.165) is 0 Å². The number of carbonyl (C=O) groups is 3. The Morgan fingerprint density at radius 3 is 2.26 bits per heavy atom. The number of amides is 1. The molecule has 0 radical (unpaired) electrons. The lowest BCUT2D eigenvalue weighted by Crippen LogP contribution is -2.41. The van der Waals surface area contributed by atoms with E-state index in [0.29, 0.717) is 0 Å². The molecule has 19 heavy (non-hydrogen) atoms. The van der Waals surface area contributed by atoms with Crippen LogP contribution in [0, 0.1) is 0 Å². The summed E-state index contributed by atoms with van der Waals surface area (Å²) in [5, 5.41) is 11.0. The summed E-state index contributed by atoms with van der Waals surface area (Å²) in [6.07, 6.45) is 1.65. The van der Waals surface area contributed by atoms with E-state index in [9.17, 15) is 14.4 Å². The quantitative estimate of drug-likeness (QED) is 0.476. The fraction of sp³-hybridized carbons (Fsp3) is 0.417. The Bertz CT molecular complexity index is 352. The molecule has 106 valence electrons. The van der Waals surface area contributed by atoms with Gasteiger partial charge in [0, 0.05) is 6.42 Å². The molecule has 0 aromatic heterocycles. The number of ether oxygens (including phenoxy) is 2. The lowest BCUT2D eigenvalue weighted by atomic mass is 10.1. The number of rotatable bonds is 9. The first-order valence-electron chi connectivity index (χ1n) is 5.54. The molecule has 0 bridgehead atoms. The van der Waals surface area contributed by atoms with Crippen LogP contribution in [0.15, 0.2) is 25.3 Å². The SMILES string of the molecule is C=CCOC(=O)CC[C@@H](NC(=O)OCC=C)C(=O)O. The van der Waals surface area contributed by atoms with Crippen molar-refractivity contribution in [3.63, 3.8) is 0 Å².